The number of hydrogen-bond donors (Lipinski definition) is 1. The summed E-state index contributed by atoms with van der Waals surface area (Å²) in [6, 6.07) is 16.9. The van der Waals surface area contributed by atoms with Gasteiger partial charge in [0.25, 0.3) is 0 Å². The largest absolute Gasteiger partial charge is 0.494 e. The lowest BCUT2D eigenvalue weighted by Crippen LogP contribution is -2.20. The fourth-order valence-electron chi connectivity index (χ4n) is 3.79. The quantitative estimate of drug-likeness (QED) is 0.602. The molecule has 1 aromatic heterocycles. The summed E-state index contributed by atoms with van der Waals surface area (Å²) in [6.07, 6.45) is 6.54. The number of ether oxygens (including phenoxy) is 2. The van der Waals surface area contributed by atoms with Gasteiger partial charge < -0.3 is 15.2 Å². The van der Waals surface area contributed by atoms with Gasteiger partial charge in [-0.2, -0.15) is 5.10 Å². The van der Waals surface area contributed by atoms with Crippen LogP contribution in [0.3, 0.4) is 0 Å². The first kappa shape index (κ1) is 21.5. The first-order chi connectivity index (χ1) is 15.7. The average Bonchev–Trinajstić information content (AvgIpc) is 2.85. The highest BCUT2D eigenvalue weighted by atomic mass is 16.5. The molecule has 4 rings (SSSR count). The number of nitrogens with zero attached hydrogens (tertiary/aromatic N) is 3. The standard InChI is InChI=1S/C25H26N4O3/c1-31-24-17-19(18-11-15-32-16-12-18)7-8-22(24)29-14-10-23(30)25(28-29)21(9-13-26)27-20-5-3-2-4-6-20/h2-10,13-14,17-18H,11-12,15-16,26H2,1H3. The Labute approximate surface area is 186 Å². The van der Waals surface area contributed by atoms with Crippen LogP contribution >= 0.6 is 0 Å². The maximum atomic E-state index is 12.6. The van der Waals surface area contributed by atoms with Crippen LogP contribution in [0.15, 0.2) is 82.9 Å². The van der Waals surface area contributed by atoms with Crippen molar-refractivity contribution in [2.24, 2.45) is 10.7 Å². The topological polar surface area (TPSA) is 91.7 Å². The number of para-hydroxylation sites is 1. The second-order valence-electron chi connectivity index (χ2n) is 7.48. The first-order valence-corrected chi connectivity index (χ1v) is 10.6. The summed E-state index contributed by atoms with van der Waals surface area (Å²) >= 11 is 0. The van der Waals surface area contributed by atoms with Crippen LogP contribution in [0.1, 0.15) is 30.0 Å². The van der Waals surface area contributed by atoms with E-state index in [0.29, 0.717) is 23.1 Å². The summed E-state index contributed by atoms with van der Waals surface area (Å²) in [5, 5.41) is 4.58. The molecule has 0 unspecified atom stereocenters. The molecule has 1 aliphatic heterocycles. The average molecular weight is 431 g/mol. The molecule has 0 amide bonds. The highest BCUT2D eigenvalue weighted by Crippen LogP contribution is 2.32. The number of aromatic nitrogens is 2. The molecule has 0 atom stereocenters. The first-order valence-electron chi connectivity index (χ1n) is 10.6. The van der Waals surface area contributed by atoms with Crippen molar-refractivity contribution in [2.75, 3.05) is 20.3 Å². The highest BCUT2D eigenvalue weighted by Gasteiger charge is 2.18. The highest BCUT2D eigenvalue weighted by molar-refractivity contribution is 6.08. The Hall–Kier alpha value is -3.71. The van der Waals surface area contributed by atoms with Crippen LogP contribution in [0.25, 0.3) is 5.69 Å². The number of nitrogens with two attached hydrogens (primary N) is 1. The summed E-state index contributed by atoms with van der Waals surface area (Å²) in [5.41, 5.74) is 8.63. The van der Waals surface area contributed by atoms with Gasteiger partial charge in [-0.1, -0.05) is 24.3 Å². The zero-order chi connectivity index (χ0) is 22.3. The minimum atomic E-state index is -0.244. The third kappa shape index (κ3) is 4.78. The lowest BCUT2D eigenvalue weighted by Gasteiger charge is -2.23. The zero-order valence-electron chi connectivity index (χ0n) is 18.0. The molecule has 2 aromatic carbocycles. The summed E-state index contributed by atoms with van der Waals surface area (Å²) in [5.74, 6) is 1.13. The predicted octanol–water partition coefficient (Wildman–Crippen LogP) is 3.73. The smallest absolute Gasteiger partial charge is 0.209 e. The Morgan fingerprint density at radius 2 is 1.97 bits per heavy atom. The Balaban J connectivity index is 1.75. The van der Waals surface area contributed by atoms with Crippen LogP contribution in [0.2, 0.25) is 0 Å². The van der Waals surface area contributed by atoms with Gasteiger partial charge >= 0.3 is 0 Å². The Kier molecular flexibility index (Phi) is 6.77. The minimum Gasteiger partial charge on any atom is -0.494 e. The van der Waals surface area contributed by atoms with E-state index < -0.39 is 0 Å². The predicted molar refractivity (Wildman–Crippen MR) is 125 cm³/mol. The number of hydrogen-bond acceptors (Lipinski definition) is 6. The Morgan fingerprint density at radius 1 is 1.19 bits per heavy atom. The number of benzene rings is 2. The van der Waals surface area contributed by atoms with Crippen LogP contribution < -0.4 is 15.9 Å². The zero-order valence-corrected chi connectivity index (χ0v) is 18.0. The summed E-state index contributed by atoms with van der Waals surface area (Å²) in [6.45, 7) is 1.55. The molecule has 1 fully saturated rings. The lowest BCUT2D eigenvalue weighted by molar-refractivity contribution is 0.0853. The third-order valence-electron chi connectivity index (χ3n) is 5.45. The van der Waals surface area contributed by atoms with Crippen molar-refractivity contribution in [3.8, 4) is 11.4 Å². The van der Waals surface area contributed by atoms with E-state index in [-0.39, 0.29) is 11.1 Å². The van der Waals surface area contributed by atoms with Crippen molar-refractivity contribution >= 4 is 11.4 Å². The molecular formula is C25H26N4O3. The van der Waals surface area contributed by atoms with E-state index in [1.54, 1.807) is 24.1 Å². The molecular weight excluding hydrogens is 404 g/mol. The van der Waals surface area contributed by atoms with Crippen LogP contribution in [-0.2, 0) is 4.74 Å². The van der Waals surface area contributed by atoms with Gasteiger partial charge in [-0.25, -0.2) is 9.67 Å². The maximum Gasteiger partial charge on any atom is 0.209 e. The van der Waals surface area contributed by atoms with E-state index in [1.165, 1.54) is 17.8 Å². The van der Waals surface area contributed by atoms with E-state index in [0.717, 1.165) is 31.7 Å². The Morgan fingerprint density at radius 3 is 2.69 bits per heavy atom. The van der Waals surface area contributed by atoms with Gasteiger partial charge in [0.15, 0.2) is 5.69 Å². The molecule has 7 nitrogen and oxygen atoms in total. The summed E-state index contributed by atoms with van der Waals surface area (Å²) in [4.78, 5) is 17.2. The van der Waals surface area contributed by atoms with Gasteiger partial charge in [0, 0.05) is 25.5 Å². The van der Waals surface area contributed by atoms with Gasteiger partial charge in [-0.15, -0.1) is 0 Å². The van der Waals surface area contributed by atoms with Crippen LogP contribution in [0.5, 0.6) is 5.75 Å². The summed E-state index contributed by atoms with van der Waals surface area (Å²) in [7, 11) is 1.63. The molecule has 0 radical (unpaired) electrons. The van der Waals surface area contributed by atoms with Crippen molar-refractivity contribution in [3.63, 3.8) is 0 Å². The summed E-state index contributed by atoms with van der Waals surface area (Å²) < 4.78 is 12.8. The monoisotopic (exact) mass is 430 g/mol. The normalized spacial score (nSPS) is 15.2. The van der Waals surface area contributed by atoms with Gasteiger partial charge in [0.2, 0.25) is 5.43 Å². The fraction of sp³-hybridized carbons (Fsp3) is 0.240. The SMILES string of the molecule is COc1cc(C2CCOCC2)ccc1-n1ccc(=O)c(C(C=CN)=Nc2ccccc2)n1. The van der Waals surface area contributed by atoms with E-state index in [1.807, 2.05) is 42.5 Å². The van der Waals surface area contributed by atoms with Crippen molar-refractivity contribution in [2.45, 2.75) is 18.8 Å². The molecule has 2 N–H and O–H groups in total. The van der Waals surface area contributed by atoms with Gasteiger partial charge in [0.05, 0.1) is 18.5 Å². The second-order valence-corrected chi connectivity index (χ2v) is 7.48. The molecule has 3 aromatic rings. The molecule has 0 spiro atoms. The maximum absolute atomic E-state index is 12.6. The van der Waals surface area contributed by atoms with Crippen LogP contribution in [0.4, 0.5) is 5.69 Å². The molecule has 2 heterocycles. The number of aliphatic imine (C=N–C) groups is 1. The molecule has 164 valence electrons. The number of allylic oxidation sites excluding steroid dienone is 1. The van der Waals surface area contributed by atoms with E-state index in [2.05, 4.69) is 16.2 Å². The van der Waals surface area contributed by atoms with Crippen molar-refractivity contribution in [1.29, 1.82) is 0 Å². The molecule has 0 bridgehead atoms. The molecule has 0 saturated carbocycles. The van der Waals surface area contributed by atoms with Gasteiger partial charge in [0.1, 0.15) is 11.4 Å². The minimum absolute atomic E-state index is 0.202. The van der Waals surface area contributed by atoms with Crippen molar-refractivity contribution in [1.82, 2.24) is 9.78 Å². The van der Waals surface area contributed by atoms with Crippen molar-refractivity contribution < 1.29 is 9.47 Å². The second kappa shape index (κ2) is 10.1. The van der Waals surface area contributed by atoms with Crippen LogP contribution in [0, 0.1) is 0 Å². The van der Waals surface area contributed by atoms with Crippen molar-refractivity contribution in [3.05, 3.63) is 94.6 Å². The number of methoxy groups -OCH3 is 1. The van der Waals surface area contributed by atoms with Gasteiger partial charge in [-0.3, -0.25) is 4.79 Å². The van der Waals surface area contributed by atoms with E-state index >= 15 is 0 Å². The molecule has 1 aliphatic rings. The van der Waals surface area contributed by atoms with E-state index in [4.69, 9.17) is 15.2 Å². The van der Waals surface area contributed by atoms with Crippen LogP contribution in [-0.4, -0.2) is 35.8 Å². The lowest BCUT2D eigenvalue weighted by atomic mass is 9.91. The third-order valence-corrected chi connectivity index (χ3v) is 5.45. The molecule has 7 heteroatoms. The molecule has 1 saturated heterocycles. The Bertz CT molecular complexity index is 1180. The number of rotatable bonds is 6. The molecule has 32 heavy (non-hydrogen) atoms. The van der Waals surface area contributed by atoms with Gasteiger partial charge in [-0.05, 0) is 60.9 Å². The fourth-order valence-corrected chi connectivity index (χ4v) is 3.79. The molecule has 0 aliphatic carbocycles. The van der Waals surface area contributed by atoms with E-state index in [9.17, 15) is 4.79 Å².